The molecule has 16 heteroatoms. The number of aromatic amines is 1. The molecule has 1 fully saturated rings. The van der Waals surface area contributed by atoms with Gasteiger partial charge in [0.2, 0.25) is 0 Å². The van der Waals surface area contributed by atoms with Gasteiger partial charge in [0, 0.05) is 35.3 Å². The van der Waals surface area contributed by atoms with Gasteiger partial charge in [0.15, 0.2) is 5.65 Å². The fourth-order valence-electron chi connectivity index (χ4n) is 5.17. The van der Waals surface area contributed by atoms with Crippen molar-refractivity contribution in [3.8, 4) is 22.8 Å². The number of carbonyl (C=O) groups is 2. The number of nitrogens with two attached hydrogens (primary N) is 2. The lowest BCUT2D eigenvalue weighted by Gasteiger charge is -2.21. The summed E-state index contributed by atoms with van der Waals surface area (Å²) in [4.78, 5) is 33.5. The third-order valence-corrected chi connectivity index (χ3v) is 7.07. The van der Waals surface area contributed by atoms with Gasteiger partial charge in [-0.05, 0) is 43.3 Å². The summed E-state index contributed by atoms with van der Waals surface area (Å²) in [5.74, 6) is -1.28. The zero-order valence-electron chi connectivity index (χ0n) is 24.1. The van der Waals surface area contributed by atoms with E-state index in [4.69, 9.17) is 25.5 Å². The number of fused-ring (bicyclic) bond motifs is 2. The number of methoxy groups -OCH3 is 1. The topological polar surface area (TPSA) is 190 Å². The average Bonchev–Trinajstić information content (AvgIpc) is 3.59. The van der Waals surface area contributed by atoms with Crippen LogP contribution in [-0.2, 0) is 4.79 Å². The molecule has 0 radical (unpaired) electrons. The van der Waals surface area contributed by atoms with Crippen LogP contribution >= 0.6 is 0 Å². The van der Waals surface area contributed by atoms with Gasteiger partial charge in [0.25, 0.3) is 5.91 Å². The van der Waals surface area contributed by atoms with Crippen LogP contribution in [-0.4, -0.2) is 63.2 Å². The molecule has 1 saturated heterocycles. The molecule has 2 aromatic carbocycles. The van der Waals surface area contributed by atoms with Crippen LogP contribution in [0.1, 0.15) is 36.3 Å². The fraction of sp³-hybridized carbons (Fsp3) is 0.276. The monoisotopic (exact) mass is 626 g/mol. The van der Waals surface area contributed by atoms with Crippen LogP contribution in [0.15, 0.2) is 48.8 Å². The number of alkyl halides is 3. The van der Waals surface area contributed by atoms with Crippen molar-refractivity contribution in [1.82, 2.24) is 24.7 Å². The largest absolute Gasteiger partial charge is 0.573 e. The van der Waals surface area contributed by atoms with Crippen molar-refractivity contribution < 1.29 is 42.7 Å². The van der Waals surface area contributed by atoms with Crippen LogP contribution in [0, 0.1) is 0 Å². The number of nitrogens with one attached hydrogen (secondary N) is 2. The van der Waals surface area contributed by atoms with Gasteiger partial charge in [-0.2, -0.15) is 5.10 Å². The van der Waals surface area contributed by atoms with Gasteiger partial charge in [0.05, 0.1) is 37.3 Å². The molecule has 0 bridgehead atoms. The first-order chi connectivity index (χ1) is 21.4. The van der Waals surface area contributed by atoms with E-state index in [1.807, 2.05) is 4.68 Å². The summed E-state index contributed by atoms with van der Waals surface area (Å²) in [6, 6.07) is 10.6. The van der Waals surface area contributed by atoms with E-state index in [9.17, 15) is 18.0 Å². The number of anilines is 2. The summed E-state index contributed by atoms with van der Waals surface area (Å²) >= 11 is 0. The molecule has 0 unspecified atom stereocenters. The number of halogens is 3. The number of carboxylic acid groups (broad SMARTS) is 1. The summed E-state index contributed by atoms with van der Waals surface area (Å²) in [6.07, 6.45) is -1.47. The van der Waals surface area contributed by atoms with E-state index in [0.717, 1.165) is 32.9 Å². The molecular formula is C29H29F3N8O5. The van der Waals surface area contributed by atoms with Crippen molar-refractivity contribution in [2.45, 2.75) is 32.2 Å². The van der Waals surface area contributed by atoms with Gasteiger partial charge in [-0.3, -0.25) is 4.79 Å². The number of carbonyl (C=O) groups excluding carboxylic acids is 2. The first-order valence-electron chi connectivity index (χ1n) is 13.8. The minimum Gasteiger partial charge on any atom is -0.550 e. The lowest BCUT2D eigenvalue weighted by Crippen LogP contribution is -2.86. The van der Waals surface area contributed by atoms with Crippen LogP contribution in [0.5, 0.6) is 11.5 Å². The molecule has 0 saturated carbocycles. The maximum absolute atomic E-state index is 13.1. The molecule has 0 aliphatic carbocycles. The van der Waals surface area contributed by atoms with Gasteiger partial charge in [-0.25, -0.2) is 14.6 Å². The van der Waals surface area contributed by atoms with Crippen molar-refractivity contribution >= 4 is 45.3 Å². The Balaban J connectivity index is 0.000000945. The molecular weight excluding hydrogens is 597 g/mol. The molecule has 0 atom stereocenters. The summed E-state index contributed by atoms with van der Waals surface area (Å²) in [6.45, 7) is 2.98. The number of quaternary nitrogens is 1. The summed E-state index contributed by atoms with van der Waals surface area (Å²) in [7, 11) is 1.48. The van der Waals surface area contributed by atoms with Crippen LogP contribution in [0.2, 0.25) is 0 Å². The van der Waals surface area contributed by atoms with E-state index in [1.165, 1.54) is 37.7 Å². The Morgan fingerprint density at radius 2 is 1.87 bits per heavy atom. The number of aromatic nitrogens is 5. The van der Waals surface area contributed by atoms with Gasteiger partial charge in [-0.1, -0.05) is 6.07 Å². The van der Waals surface area contributed by atoms with E-state index in [0.29, 0.717) is 50.4 Å². The quantitative estimate of drug-likeness (QED) is 0.219. The predicted molar refractivity (Wildman–Crippen MR) is 155 cm³/mol. The molecule has 45 heavy (non-hydrogen) atoms. The lowest BCUT2D eigenvalue weighted by molar-refractivity contribution is -0.664. The third kappa shape index (κ3) is 7.06. The third-order valence-electron chi connectivity index (χ3n) is 7.07. The molecule has 4 heterocycles. The number of H-pyrrole nitrogens is 1. The first-order valence-corrected chi connectivity index (χ1v) is 13.8. The molecule has 5 aromatic rings. The fourth-order valence-corrected chi connectivity index (χ4v) is 5.17. The summed E-state index contributed by atoms with van der Waals surface area (Å²) in [5.41, 5.74) is 9.26. The van der Waals surface area contributed by atoms with Crippen LogP contribution in [0.3, 0.4) is 0 Å². The van der Waals surface area contributed by atoms with Crippen molar-refractivity contribution in [1.29, 1.82) is 0 Å². The maximum Gasteiger partial charge on any atom is 0.573 e. The van der Waals surface area contributed by atoms with E-state index >= 15 is 0 Å². The molecule has 6 N–H and O–H groups in total. The van der Waals surface area contributed by atoms with Crippen LogP contribution in [0.4, 0.5) is 24.7 Å². The number of aliphatic carboxylic acids is 1. The number of nitrogen functional groups attached to an aromatic ring is 1. The smallest absolute Gasteiger partial charge is 0.550 e. The number of benzene rings is 2. The average molecular weight is 627 g/mol. The highest BCUT2D eigenvalue weighted by molar-refractivity contribution is 6.07. The number of hydrogen-bond donors (Lipinski definition) is 4. The SMILES string of the molecule is CC(=O)[O-].COc1cc(-c2nn(C3CC[NH2+]CC3)c3ncnc(N)c23)ccc1NC(=O)c1cc2cc(OC(F)(F)F)ccc2[nH]1. The van der Waals surface area contributed by atoms with E-state index in [2.05, 4.69) is 30.3 Å². The number of amides is 1. The van der Waals surface area contributed by atoms with Crippen LogP contribution < -0.4 is 30.9 Å². The highest BCUT2D eigenvalue weighted by Crippen LogP contribution is 2.37. The summed E-state index contributed by atoms with van der Waals surface area (Å²) in [5, 5.41) is 19.9. The van der Waals surface area contributed by atoms with Crippen molar-refractivity contribution in [2.24, 2.45) is 0 Å². The Hall–Kier alpha value is -5.38. The molecule has 13 nitrogen and oxygen atoms in total. The molecule has 6 rings (SSSR count). The Labute approximate surface area is 253 Å². The molecule has 236 valence electrons. The first kappa shape index (κ1) is 31.1. The van der Waals surface area contributed by atoms with Crippen molar-refractivity contribution in [3.63, 3.8) is 0 Å². The highest BCUT2D eigenvalue weighted by Gasteiger charge is 2.31. The minimum atomic E-state index is -4.81. The van der Waals surface area contributed by atoms with Crippen molar-refractivity contribution in [2.75, 3.05) is 31.2 Å². The van der Waals surface area contributed by atoms with Gasteiger partial charge in [-0.15, -0.1) is 13.2 Å². The van der Waals surface area contributed by atoms with E-state index in [1.54, 1.807) is 18.2 Å². The molecule has 0 spiro atoms. The number of rotatable bonds is 6. The van der Waals surface area contributed by atoms with E-state index < -0.39 is 18.2 Å². The zero-order valence-corrected chi connectivity index (χ0v) is 24.1. The normalized spacial score (nSPS) is 13.7. The van der Waals surface area contributed by atoms with Crippen LogP contribution in [0.25, 0.3) is 33.2 Å². The van der Waals surface area contributed by atoms with Gasteiger partial charge >= 0.3 is 6.36 Å². The maximum atomic E-state index is 13.1. The Morgan fingerprint density at radius 3 is 2.56 bits per heavy atom. The second kappa shape index (κ2) is 12.7. The summed E-state index contributed by atoms with van der Waals surface area (Å²) < 4.78 is 49.2. The standard InChI is InChI=1S/C27H25F3N8O3.C2H4O2/c1-40-21-12-14(23-22-24(31)33-13-34-25(22)38(37-23)16-6-8-32-9-7-16)2-4-19(21)36-26(39)20-11-15-10-17(41-27(28,29)30)3-5-18(15)35-20;1-2(3)4/h2-5,10-13,16,32,35H,6-9H2,1H3,(H,36,39)(H2,31,33,34);1H3,(H,3,4). The van der Waals surface area contributed by atoms with Gasteiger partial charge < -0.3 is 40.7 Å². The molecule has 1 aliphatic heterocycles. The number of piperidine rings is 1. The highest BCUT2D eigenvalue weighted by atomic mass is 19.4. The molecule has 3 aromatic heterocycles. The van der Waals surface area contributed by atoms with E-state index in [-0.39, 0.29) is 17.5 Å². The Kier molecular flexibility index (Phi) is 8.76. The number of carboxylic acids is 1. The minimum absolute atomic E-state index is 0.148. The number of nitrogens with zero attached hydrogens (tertiary/aromatic N) is 4. The van der Waals surface area contributed by atoms with Gasteiger partial charge in [0.1, 0.15) is 35.0 Å². The second-order valence-corrected chi connectivity index (χ2v) is 10.2. The van der Waals surface area contributed by atoms with Crippen molar-refractivity contribution in [3.05, 3.63) is 54.5 Å². The Bertz CT molecular complexity index is 1860. The lowest BCUT2D eigenvalue weighted by atomic mass is 10.1. The number of hydrogen-bond acceptors (Lipinski definition) is 9. The predicted octanol–water partition coefficient (Wildman–Crippen LogP) is 2.37. The molecule has 1 amide bonds. The second-order valence-electron chi connectivity index (χ2n) is 10.2. The molecule has 1 aliphatic rings. The Morgan fingerprint density at radius 1 is 1.13 bits per heavy atom. The zero-order chi connectivity index (χ0) is 32.3. The number of ether oxygens (including phenoxy) is 2.